The molecule has 0 unspecified atom stereocenters. The second-order valence-electron chi connectivity index (χ2n) is 9.33. The quantitative estimate of drug-likeness (QED) is 0.520. The highest BCUT2D eigenvalue weighted by Gasteiger charge is 2.32. The number of aryl methyl sites for hydroxylation is 1. The predicted octanol–water partition coefficient (Wildman–Crippen LogP) is 4.43. The Morgan fingerprint density at radius 3 is 2.76 bits per heavy atom. The summed E-state index contributed by atoms with van der Waals surface area (Å²) in [7, 11) is 0. The number of hydrogen-bond acceptors (Lipinski definition) is 4. The molecule has 2 aromatic carbocycles. The van der Waals surface area contributed by atoms with Gasteiger partial charge >= 0.3 is 0 Å². The standard InChI is InChI=1S/C26H32N4O3/c1-15(2)23-12-20(27-17(4)31)13-24(33-23)18-6-5-7-19(11-18)28-26(32)14-25-29-21-9-8-16(3)10-22(21)30-25/h5-11,15,20,23-24H,12-14H2,1-4H3,(H,27,31)(H,28,32)(H,29,30)/t20-,23-,24+/m1/s1. The van der Waals surface area contributed by atoms with Crippen LogP contribution in [-0.4, -0.2) is 33.9 Å². The molecule has 0 bridgehead atoms. The zero-order valence-electron chi connectivity index (χ0n) is 19.6. The monoisotopic (exact) mass is 448 g/mol. The lowest BCUT2D eigenvalue weighted by Gasteiger charge is -2.38. The van der Waals surface area contributed by atoms with E-state index < -0.39 is 0 Å². The highest BCUT2D eigenvalue weighted by atomic mass is 16.5. The summed E-state index contributed by atoms with van der Waals surface area (Å²) in [5, 5.41) is 6.03. The third-order valence-electron chi connectivity index (χ3n) is 6.06. The first-order valence-electron chi connectivity index (χ1n) is 11.5. The van der Waals surface area contributed by atoms with Gasteiger partial charge in [0.05, 0.1) is 29.7 Å². The first-order chi connectivity index (χ1) is 15.8. The number of aromatic nitrogens is 2. The minimum absolute atomic E-state index is 0.0232. The SMILES string of the molecule is CC(=O)N[C@H]1C[C@@H](c2cccc(NC(=O)Cc3nc4ccc(C)cc4[nH]3)c2)O[C@@H](C(C)C)C1. The minimum Gasteiger partial charge on any atom is -0.370 e. The van der Waals surface area contributed by atoms with Crippen LogP contribution < -0.4 is 10.6 Å². The molecule has 174 valence electrons. The fraction of sp³-hybridized carbons (Fsp3) is 0.423. The van der Waals surface area contributed by atoms with Crippen LogP contribution in [0.1, 0.15) is 56.7 Å². The van der Waals surface area contributed by atoms with Gasteiger partial charge in [-0.25, -0.2) is 4.98 Å². The molecular weight excluding hydrogens is 416 g/mol. The molecule has 3 aromatic rings. The number of nitrogens with one attached hydrogen (secondary N) is 3. The Hall–Kier alpha value is -3.19. The number of rotatable bonds is 6. The van der Waals surface area contributed by atoms with Gasteiger partial charge in [0, 0.05) is 18.7 Å². The minimum atomic E-state index is -0.140. The molecule has 33 heavy (non-hydrogen) atoms. The molecule has 0 aliphatic carbocycles. The summed E-state index contributed by atoms with van der Waals surface area (Å²) in [6.45, 7) is 7.84. The largest absolute Gasteiger partial charge is 0.370 e. The molecule has 1 fully saturated rings. The lowest BCUT2D eigenvalue weighted by Crippen LogP contribution is -2.43. The number of anilines is 1. The van der Waals surface area contributed by atoms with Crippen LogP contribution in [0.4, 0.5) is 5.69 Å². The van der Waals surface area contributed by atoms with E-state index in [1.165, 1.54) is 0 Å². The third-order valence-corrected chi connectivity index (χ3v) is 6.06. The average Bonchev–Trinajstić information content (AvgIpc) is 3.14. The van der Waals surface area contributed by atoms with Crippen molar-refractivity contribution in [1.29, 1.82) is 0 Å². The lowest BCUT2D eigenvalue weighted by atomic mass is 9.89. The maximum atomic E-state index is 12.7. The van der Waals surface area contributed by atoms with Gasteiger partial charge in [0.2, 0.25) is 11.8 Å². The van der Waals surface area contributed by atoms with Crippen LogP contribution in [0.25, 0.3) is 11.0 Å². The van der Waals surface area contributed by atoms with Crippen LogP contribution in [0.15, 0.2) is 42.5 Å². The van der Waals surface area contributed by atoms with Gasteiger partial charge in [-0.2, -0.15) is 0 Å². The fourth-order valence-electron chi connectivity index (χ4n) is 4.44. The molecule has 2 heterocycles. The zero-order valence-corrected chi connectivity index (χ0v) is 19.6. The summed E-state index contributed by atoms with van der Waals surface area (Å²) in [5.74, 6) is 0.825. The smallest absolute Gasteiger partial charge is 0.231 e. The number of amides is 2. The first kappa shape index (κ1) is 23.0. The zero-order chi connectivity index (χ0) is 23.5. The number of carbonyl (C=O) groups excluding carboxylic acids is 2. The second-order valence-corrected chi connectivity index (χ2v) is 9.33. The molecule has 3 atom stereocenters. The molecule has 0 spiro atoms. The van der Waals surface area contributed by atoms with Crippen molar-refractivity contribution in [1.82, 2.24) is 15.3 Å². The van der Waals surface area contributed by atoms with E-state index in [-0.39, 0.29) is 36.5 Å². The van der Waals surface area contributed by atoms with Crippen molar-refractivity contribution < 1.29 is 14.3 Å². The van der Waals surface area contributed by atoms with E-state index in [0.29, 0.717) is 18.2 Å². The highest BCUT2D eigenvalue weighted by molar-refractivity contribution is 5.92. The van der Waals surface area contributed by atoms with Crippen molar-refractivity contribution in [3.05, 3.63) is 59.4 Å². The summed E-state index contributed by atoms with van der Waals surface area (Å²) < 4.78 is 6.37. The number of nitrogens with zero attached hydrogens (tertiary/aromatic N) is 1. The molecule has 1 aliphatic heterocycles. The molecule has 1 aliphatic rings. The summed E-state index contributed by atoms with van der Waals surface area (Å²) in [6.07, 6.45) is 1.60. The summed E-state index contributed by atoms with van der Waals surface area (Å²) in [6, 6.07) is 13.8. The van der Waals surface area contributed by atoms with Crippen molar-refractivity contribution in [2.24, 2.45) is 5.92 Å². The topological polar surface area (TPSA) is 96.1 Å². The van der Waals surface area contributed by atoms with Crippen molar-refractivity contribution in [3.63, 3.8) is 0 Å². The number of benzene rings is 2. The maximum absolute atomic E-state index is 12.7. The summed E-state index contributed by atoms with van der Waals surface area (Å²) >= 11 is 0. The van der Waals surface area contributed by atoms with Gasteiger partial charge in [-0.05, 0) is 61.1 Å². The summed E-state index contributed by atoms with van der Waals surface area (Å²) in [5.41, 5.74) is 4.64. The number of aromatic amines is 1. The molecule has 1 aromatic heterocycles. The van der Waals surface area contributed by atoms with Crippen LogP contribution in [0, 0.1) is 12.8 Å². The second kappa shape index (κ2) is 9.75. The van der Waals surface area contributed by atoms with E-state index in [4.69, 9.17) is 4.74 Å². The van der Waals surface area contributed by atoms with Crippen LogP contribution in [0.3, 0.4) is 0 Å². The van der Waals surface area contributed by atoms with Crippen molar-refractivity contribution in [2.75, 3.05) is 5.32 Å². The van der Waals surface area contributed by atoms with Gasteiger partial charge in [0.25, 0.3) is 0 Å². The number of hydrogen-bond donors (Lipinski definition) is 3. The van der Waals surface area contributed by atoms with Gasteiger partial charge in [-0.3, -0.25) is 9.59 Å². The van der Waals surface area contributed by atoms with Crippen LogP contribution >= 0.6 is 0 Å². The van der Waals surface area contributed by atoms with Crippen molar-refractivity contribution >= 4 is 28.5 Å². The highest BCUT2D eigenvalue weighted by Crippen LogP contribution is 2.35. The fourth-order valence-corrected chi connectivity index (χ4v) is 4.44. The number of carbonyl (C=O) groups is 2. The molecule has 2 amide bonds. The summed E-state index contributed by atoms with van der Waals surface area (Å²) in [4.78, 5) is 32.0. The Bertz CT molecular complexity index is 1150. The predicted molar refractivity (Wildman–Crippen MR) is 129 cm³/mol. The van der Waals surface area contributed by atoms with E-state index in [9.17, 15) is 9.59 Å². The molecule has 7 heteroatoms. The molecule has 1 saturated heterocycles. The van der Waals surface area contributed by atoms with Gasteiger partial charge in [-0.1, -0.05) is 32.0 Å². The van der Waals surface area contributed by atoms with E-state index in [0.717, 1.165) is 34.3 Å². The Balaban J connectivity index is 1.44. The van der Waals surface area contributed by atoms with Gasteiger partial charge < -0.3 is 20.4 Å². The van der Waals surface area contributed by atoms with Gasteiger partial charge in [0.15, 0.2) is 0 Å². The van der Waals surface area contributed by atoms with Crippen LogP contribution in [0.2, 0.25) is 0 Å². The van der Waals surface area contributed by atoms with Crippen LogP contribution in [0.5, 0.6) is 0 Å². The van der Waals surface area contributed by atoms with Gasteiger partial charge in [-0.15, -0.1) is 0 Å². The Kier molecular flexibility index (Phi) is 6.79. The Labute approximate surface area is 194 Å². The molecule has 4 rings (SSSR count). The van der Waals surface area contributed by atoms with Gasteiger partial charge in [0.1, 0.15) is 5.82 Å². The van der Waals surface area contributed by atoms with Crippen molar-refractivity contribution in [2.45, 2.75) is 65.2 Å². The number of imidazole rings is 1. The molecule has 0 radical (unpaired) electrons. The molecule has 7 nitrogen and oxygen atoms in total. The Morgan fingerprint density at radius 2 is 2.00 bits per heavy atom. The number of H-pyrrole nitrogens is 1. The van der Waals surface area contributed by atoms with E-state index in [1.807, 2.05) is 49.4 Å². The van der Waals surface area contributed by atoms with Crippen molar-refractivity contribution in [3.8, 4) is 0 Å². The average molecular weight is 449 g/mol. The van der Waals surface area contributed by atoms with E-state index in [1.54, 1.807) is 6.92 Å². The lowest BCUT2D eigenvalue weighted by molar-refractivity contribution is -0.123. The Morgan fingerprint density at radius 1 is 1.18 bits per heavy atom. The maximum Gasteiger partial charge on any atom is 0.231 e. The van der Waals surface area contributed by atoms with Crippen LogP contribution in [-0.2, 0) is 20.7 Å². The molecule has 3 N–H and O–H groups in total. The van der Waals surface area contributed by atoms with E-state index >= 15 is 0 Å². The third kappa shape index (κ3) is 5.79. The van der Waals surface area contributed by atoms with E-state index in [2.05, 4.69) is 34.4 Å². The molecule has 0 saturated carbocycles. The normalized spacial score (nSPS) is 20.7. The number of ether oxygens (including phenoxy) is 1. The number of fused-ring (bicyclic) bond motifs is 1. The first-order valence-corrected chi connectivity index (χ1v) is 11.5. The molecular formula is C26H32N4O3.